The van der Waals surface area contributed by atoms with Gasteiger partial charge in [-0.1, -0.05) is 5.21 Å². The lowest BCUT2D eigenvalue weighted by atomic mass is 9.88. The summed E-state index contributed by atoms with van der Waals surface area (Å²) >= 11 is 0. The van der Waals surface area contributed by atoms with Crippen LogP contribution in [0.15, 0.2) is 0 Å². The van der Waals surface area contributed by atoms with Crippen molar-refractivity contribution in [2.75, 3.05) is 6.54 Å². The molecule has 0 radical (unpaired) electrons. The van der Waals surface area contributed by atoms with Crippen molar-refractivity contribution in [1.29, 1.82) is 0 Å². The van der Waals surface area contributed by atoms with Crippen LogP contribution in [0.2, 0.25) is 0 Å². The molecular formula is C9H16N6O3. The number of hydrogen-bond donors (Lipinski definition) is 3. The van der Waals surface area contributed by atoms with Crippen LogP contribution in [0, 0.1) is 0 Å². The fourth-order valence-corrected chi connectivity index (χ4v) is 2.48. The second-order valence-corrected chi connectivity index (χ2v) is 4.95. The van der Waals surface area contributed by atoms with Crippen LogP contribution in [-0.4, -0.2) is 51.5 Å². The fourth-order valence-electron chi connectivity index (χ4n) is 2.48. The summed E-state index contributed by atoms with van der Waals surface area (Å²) in [7, 11) is 0. The van der Waals surface area contributed by atoms with Crippen LogP contribution in [0.5, 0.6) is 0 Å². The van der Waals surface area contributed by atoms with Gasteiger partial charge in [0.2, 0.25) is 0 Å². The minimum atomic E-state index is -1.07. The van der Waals surface area contributed by atoms with Gasteiger partial charge in [0, 0.05) is 6.54 Å². The lowest BCUT2D eigenvalue weighted by Crippen LogP contribution is -2.56. The van der Waals surface area contributed by atoms with Gasteiger partial charge in [-0.05, 0) is 13.8 Å². The third kappa shape index (κ3) is 1.49. The van der Waals surface area contributed by atoms with Gasteiger partial charge >= 0.3 is 0 Å². The number of rotatable bonds is 2. The predicted molar refractivity (Wildman–Crippen MR) is 57.8 cm³/mol. The zero-order valence-electron chi connectivity index (χ0n) is 10.2. The molecule has 3 heterocycles. The molecule has 2 aliphatic heterocycles. The molecule has 1 aromatic rings. The Morgan fingerprint density at radius 2 is 2.17 bits per heavy atom. The van der Waals surface area contributed by atoms with Crippen molar-refractivity contribution in [2.45, 2.75) is 43.7 Å². The Kier molecular flexibility index (Phi) is 2.44. The second kappa shape index (κ2) is 3.68. The topological polar surface area (TPSA) is 134 Å². The highest BCUT2D eigenvalue weighted by Crippen LogP contribution is 2.45. The highest BCUT2D eigenvalue weighted by Gasteiger charge is 2.64. The molecule has 5 N–H and O–H groups in total. The van der Waals surface area contributed by atoms with Gasteiger partial charge in [0.05, 0.1) is 0 Å². The lowest BCUT2D eigenvalue weighted by molar-refractivity contribution is -0.211. The van der Waals surface area contributed by atoms with Gasteiger partial charge < -0.3 is 25.7 Å². The van der Waals surface area contributed by atoms with E-state index in [4.69, 9.17) is 25.7 Å². The molecule has 0 aliphatic carbocycles. The molecule has 4 atom stereocenters. The molecule has 2 saturated heterocycles. The summed E-state index contributed by atoms with van der Waals surface area (Å²) < 4.78 is 17.1. The van der Waals surface area contributed by atoms with Gasteiger partial charge in [-0.15, -0.1) is 10.2 Å². The number of tetrazole rings is 1. The van der Waals surface area contributed by atoms with Gasteiger partial charge in [-0.2, -0.15) is 5.21 Å². The summed E-state index contributed by atoms with van der Waals surface area (Å²) in [6.45, 7) is 3.80. The van der Waals surface area contributed by atoms with Crippen molar-refractivity contribution < 1.29 is 14.2 Å². The molecule has 0 unspecified atom stereocenters. The zero-order valence-corrected chi connectivity index (χ0v) is 10.2. The molecule has 0 saturated carbocycles. The molecule has 0 amide bonds. The van der Waals surface area contributed by atoms with Gasteiger partial charge in [-0.3, -0.25) is 0 Å². The molecular weight excluding hydrogens is 240 g/mol. The number of H-pyrrole nitrogens is 1. The van der Waals surface area contributed by atoms with E-state index in [1.54, 1.807) is 13.8 Å². The van der Waals surface area contributed by atoms with Gasteiger partial charge in [0.15, 0.2) is 17.9 Å². The summed E-state index contributed by atoms with van der Waals surface area (Å²) in [5, 5.41) is 13.8. The summed E-state index contributed by atoms with van der Waals surface area (Å²) in [5.41, 5.74) is 11.0. The van der Waals surface area contributed by atoms with E-state index in [0.29, 0.717) is 5.82 Å². The molecule has 2 aliphatic rings. The molecule has 3 rings (SSSR count). The summed E-state index contributed by atoms with van der Waals surface area (Å²) in [4.78, 5) is 0. The first-order valence-corrected chi connectivity index (χ1v) is 5.71. The Morgan fingerprint density at radius 1 is 1.39 bits per heavy atom. The first kappa shape index (κ1) is 11.9. The van der Waals surface area contributed by atoms with Crippen LogP contribution in [0.25, 0.3) is 0 Å². The number of nitrogens with zero attached hydrogens (tertiary/aromatic N) is 3. The highest BCUT2D eigenvalue weighted by molar-refractivity contribution is 5.17. The van der Waals surface area contributed by atoms with Crippen molar-refractivity contribution in [3.8, 4) is 0 Å². The average Bonchev–Trinajstić information content (AvgIpc) is 2.96. The van der Waals surface area contributed by atoms with E-state index in [1.165, 1.54) is 0 Å². The van der Waals surface area contributed by atoms with Crippen molar-refractivity contribution in [1.82, 2.24) is 20.6 Å². The highest BCUT2D eigenvalue weighted by atomic mass is 16.8. The summed E-state index contributed by atoms with van der Waals surface area (Å²) in [6.07, 6.45) is -1.57. The van der Waals surface area contributed by atoms with E-state index in [2.05, 4.69) is 20.6 Å². The Balaban J connectivity index is 2.00. The van der Waals surface area contributed by atoms with E-state index in [0.717, 1.165) is 0 Å². The molecule has 1 aromatic heterocycles. The predicted octanol–water partition coefficient (Wildman–Crippen LogP) is -1.81. The molecule has 9 nitrogen and oxygen atoms in total. The number of nitrogens with one attached hydrogen (secondary N) is 1. The van der Waals surface area contributed by atoms with Crippen LogP contribution in [0.4, 0.5) is 0 Å². The van der Waals surface area contributed by atoms with E-state index >= 15 is 0 Å². The lowest BCUT2D eigenvalue weighted by Gasteiger charge is -2.31. The number of aromatic amines is 1. The zero-order chi connectivity index (χ0) is 13.0. The third-order valence-corrected chi connectivity index (χ3v) is 3.31. The van der Waals surface area contributed by atoms with Crippen molar-refractivity contribution in [3.63, 3.8) is 0 Å². The van der Waals surface area contributed by atoms with Crippen molar-refractivity contribution >= 4 is 0 Å². The van der Waals surface area contributed by atoms with Gasteiger partial charge in [-0.25, -0.2) is 0 Å². The third-order valence-electron chi connectivity index (χ3n) is 3.31. The number of aromatic nitrogens is 4. The van der Waals surface area contributed by atoms with E-state index in [9.17, 15) is 0 Å². The smallest absolute Gasteiger partial charge is 0.199 e. The number of fused-ring (bicyclic) bond motifs is 1. The number of nitrogens with two attached hydrogens (primary N) is 2. The average molecular weight is 256 g/mol. The Morgan fingerprint density at radius 3 is 2.78 bits per heavy atom. The van der Waals surface area contributed by atoms with Crippen LogP contribution < -0.4 is 11.5 Å². The number of hydrogen-bond acceptors (Lipinski definition) is 8. The van der Waals surface area contributed by atoms with E-state index < -0.39 is 29.8 Å². The maximum absolute atomic E-state index is 6.39. The van der Waals surface area contributed by atoms with Crippen LogP contribution in [0.3, 0.4) is 0 Å². The molecule has 2 fully saturated rings. The first-order chi connectivity index (χ1) is 8.47. The molecule has 100 valence electrons. The monoisotopic (exact) mass is 256 g/mol. The van der Waals surface area contributed by atoms with Crippen LogP contribution in [-0.2, 0) is 19.7 Å². The summed E-state index contributed by atoms with van der Waals surface area (Å²) in [5.74, 6) is -0.449. The number of ether oxygens (including phenoxy) is 3. The molecule has 0 spiro atoms. The molecule has 9 heteroatoms. The standard InChI is InChI=1S/C9H16N6O3/c1-8(2)17-5-6(18-8)16-4(3-10)9(5,11)7-12-14-15-13-7/h4-6H,3,10-11H2,1-2H3,(H,12,13,14,15)/t4-,5+,6-,9-/m1/s1. The SMILES string of the molecule is CC1(C)O[C@H]2O[C@H](CN)[C@](N)(c3nn[nH]n3)[C@H]2O1. The van der Waals surface area contributed by atoms with Gasteiger partial charge in [0.25, 0.3) is 0 Å². The summed E-state index contributed by atoms with van der Waals surface area (Å²) in [6, 6.07) is 0. The minimum absolute atomic E-state index is 0.213. The van der Waals surface area contributed by atoms with Crippen LogP contribution in [0.1, 0.15) is 19.7 Å². The second-order valence-electron chi connectivity index (χ2n) is 4.95. The Hall–Kier alpha value is -1.13. The van der Waals surface area contributed by atoms with Gasteiger partial charge in [0.1, 0.15) is 17.7 Å². The van der Waals surface area contributed by atoms with Crippen molar-refractivity contribution in [2.24, 2.45) is 11.5 Å². The fraction of sp³-hybridized carbons (Fsp3) is 0.889. The molecule has 0 aromatic carbocycles. The van der Waals surface area contributed by atoms with Crippen LogP contribution >= 0.6 is 0 Å². The normalized spacial score (nSPS) is 42.1. The quantitative estimate of drug-likeness (QED) is 0.563. The minimum Gasteiger partial charge on any atom is -0.343 e. The first-order valence-electron chi connectivity index (χ1n) is 5.71. The maximum Gasteiger partial charge on any atom is 0.199 e. The molecule has 0 bridgehead atoms. The largest absolute Gasteiger partial charge is 0.343 e. The van der Waals surface area contributed by atoms with Crippen molar-refractivity contribution in [3.05, 3.63) is 5.82 Å². The maximum atomic E-state index is 6.39. The van der Waals surface area contributed by atoms with E-state index in [1.807, 2.05) is 0 Å². The Bertz CT molecular complexity index is 438. The van der Waals surface area contributed by atoms with E-state index in [-0.39, 0.29) is 6.54 Å². The molecule has 18 heavy (non-hydrogen) atoms. The Labute approximate surface area is 103 Å².